The summed E-state index contributed by atoms with van der Waals surface area (Å²) < 4.78 is 0. The Hall–Kier alpha value is -2.69. The lowest BCUT2D eigenvalue weighted by Gasteiger charge is -2.24. The second kappa shape index (κ2) is 6.43. The highest BCUT2D eigenvalue weighted by molar-refractivity contribution is 5.96. The van der Waals surface area contributed by atoms with Crippen molar-refractivity contribution in [1.82, 2.24) is 9.88 Å². The van der Waals surface area contributed by atoms with Crippen molar-refractivity contribution in [3.05, 3.63) is 53.7 Å². The van der Waals surface area contributed by atoms with Crippen molar-refractivity contribution < 1.29 is 14.7 Å². The van der Waals surface area contributed by atoms with Crippen molar-refractivity contribution in [2.45, 2.75) is 26.3 Å². The van der Waals surface area contributed by atoms with Crippen LogP contribution in [0.4, 0.5) is 0 Å². The van der Waals surface area contributed by atoms with Crippen LogP contribution in [-0.4, -0.2) is 39.5 Å². The van der Waals surface area contributed by atoms with Gasteiger partial charge in [-0.25, -0.2) is 0 Å². The Morgan fingerprint density at radius 1 is 1.17 bits per heavy atom. The number of likely N-dealkylation sites (tertiary alicyclic amines) is 1. The molecule has 5 heteroatoms. The summed E-state index contributed by atoms with van der Waals surface area (Å²) in [5.41, 5.74) is 3.02. The lowest BCUT2D eigenvalue weighted by Crippen LogP contribution is -2.38. The SMILES string of the molecule is Cc1nc(-c2ccccc2)ccc1C(=O)N1CCC(C(=O)O)C1C. The predicted octanol–water partition coefficient (Wildman–Crippen LogP) is 2.99. The fourth-order valence-corrected chi connectivity index (χ4v) is 3.27. The molecular weight excluding hydrogens is 304 g/mol. The topological polar surface area (TPSA) is 70.5 Å². The fourth-order valence-electron chi connectivity index (χ4n) is 3.27. The normalized spacial score (nSPS) is 20.2. The van der Waals surface area contributed by atoms with Gasteiger partial charge in [0.25, 0.3) is 5.91 Å². The van der Waals surface area contributed by atoms with Gasteiger partial charge in [-0.2, -0.15) is 0 Å². The summed E-state index contributed by atoms with van der Waals surface area (Å²) in [7, 11) is 0. The number of amides is 1. The molecule has 1 aliphatic heterocycles. The van der Waals surface area contributed by atoms with Crippen molar-refractivity contribution in [3.63, 3.8) is 0 Å². The van der Waals surface area contributed by atoms with E-state index in [1.165, 1.54) is 0 Å². The van der Waals surface area contributed by atoms with Crippen molar-refractivity contribution in [1.29, 1.82) is 0 Å². The van der Waals surface area contributed by atoms with Gasteiger partial charge in [-0.3, -0.25) is 14.6 Å². The molecule has 5 nitrogen and oxygen atoms in total. The number of benzene rings is 1. The standard InChI is InChI=1S/C19H20N2O3/c1-12-15(8-9-17(20-12)14-6-4-3-5-7-14)18(22)21-11-10-16(13(21)2)19(23)24/h3-9,13,16H,10-11H2,1-2H3,(H,23,24). The number of aromatic nitrogens is 1. The molecule has 0 spiro atoms. The van der Waals surface area contributed by atoms with Gasteiger partial charge >= 0.3 is 5.97 Å². The molecule has 1 aromatic carbocycles. The molecule has 3 rings (SSSR count). The number of nitrogens with zero attached hydrogens (tertiary/aromatic N) is 2. The molecule has 24 heavy (non-hydrogen) atoms. The van der Waals surface area contributed by atoms with E-state index in [4.69, 9.17) is 0 Å². The molecule has 1 aromatic heterocycles. The van der Waals surface area contributed by atoms with Crippen LogP contribution in [0.5, 0.6) is 0 Å². The fraction of sp³-hybridized carbons (Fsp3) is 0.316. The Morgan fingerprint density at radius 2 is 1.88 bits per heavy atom. The third-order valence-corrected chi connectivity index (χ3v) is 4.72. The number of pyridine rings is 1. The zero-order valence-corrected chi connectivity index (χ0v) is 13.8. The summed E-state index contributed by atoms with van der Waals surface area (Å²) in [6.07, 6.45) is 0.497. The second-order valence-corrected chi connectivity index (χ2v) is 6.17. The summed E-state index contributed by atoms with van der Waals surface area (Å²) in [4.78, 5) is 30.2. The van der Waals surface area contributed by atoms with E-state index in [2.05, 4.69) is 4.98 Å². The van der Waals surface area contributed by atoms with E-state index in [0.717, 1.165) is 11.3 Å². The van der Waals surface area contributed by atoms with Gasteiger partial charge in [-0.05, 0) is 32.4 Å². The van der Waals surface area contributed by atoms with Crippen LogP contribution < -0.4 is 0 Å². The Labute approximate surface area is 140 Å². The Kier molecular flexibility index (Phi) is 4.34. The minimum Gasteiger partial charge on any atom is -0.481 e. The quantitative estimate of drug-likeness (QED) is 0.942. The lowest BCUT2D eigenvalue weighted by atomic mass is 10.0. The van der Waals surface area contributed by atoms with E-state index >= 15 is 0 Å². The van der Waals surface area contributed by atoms with E-state index < -0.39 is 11.9 Å². The van der Waals surface area contributed by atoms with Gasteiger partial charge in [-0.15, -0.1) is 0 Å². The number of aliphatic carboxylic acids is 1. The van der Waals surface area contributed by atoms with Crippen molar-refractivity contribution in [3.8, 4) is 11.3 Å². The molecule has 0 radical (unpaired) electrons. The third-order valence-electron chi connectivity index (χ3n) is 4.72. The number of rotatable bonds is 3. The van der Waals surface area contributed by atoms with Crippen LogP contribution >= 0.6 is 0 Å². The smallest absolute Gasteiger partial charge is 0.308 e. The van der Waals surface area contributed by atoms with E-state index in [9.17, 15) is 14.7 Å². The Morgan fingerprint density at radius 3 is 2.46 bits per heavy atom. The van der Waals surface area contributed by atoms with Crippen molar-refractivity contribution in [2.75, 3.05) is 6.54 Å². The number of carboxylic acid groups (broad SMARTS) is 1. The summed E-state index contributed by atoms with van der Waals surface area (Å²) in [5.74, 6) is -1.48. The zero-order valence-electron chi connectivity index (χ0n) is 13.8. The van der Waals surface area contributed by atoms with E-state index in [0.29, 0.717) is 24.2 Å². The van der Waals surface area contributed by atoms with Crippen LogP contribution in [0.15, 0.2) is 42.5 Å². The number of carbonyl (C=O) groups excluding carboxylic acids is 1. The number of aryl methyl sites for hydroxylation is 1. The van der Waals surface area contributed by atoms with Crippen LogP contribution in [0.1, 0.15) is 29.4 Å². The van der Waals surface area contributed by atoms with Crippen LogP contribution in [0.25, 0.3) is 11.3 Å². The average Bonchev–Trinajstić information content (AvgIpc) is 2.97. The lowest BCUT2D eigenvalue weighted by molar-refractivity contribution is -0.142. The maximum absolute atomic E-state index is 12.8. The number of carbonyl (C=O) groups is 2. The van der Waals surface area contributed by atoms with Crippen LogP contribution in [0.2, 0.25) is 0 Å². The molecule has 1 saturated heterocycles. The molecule has 2 unspecified atom stereocenters. The van der Waals surface area contributed by atoms with E-state index in [-0.39, 0.29) is 11.9 Å². The summed E-state index contributed by atoms with van der Waals surface area (Å²) in [6.45, 7) is 4.08. The minimum atomic E-state index is -0.841. The molecule has 1 amide bonds. The number of hydrogen-bond donors (Lipinski definition) is 1. The first kappa shape index (κ1) is 16.2. The van der Waals surface area contributed by atoms with Gasteiger partial charge in [0, 0.05) is 18.2 Å². The molecule has 2 atom stereocenters. The Bertz CT molecular complexity index is 773. The first-order chi connectivity index (χ1) is 11.5. The largest absolute Gasteiger partial charge is 0.481 e. The molecule has 2 aromatic rings. The zero-order chi connectivity index (χ0) is 17.3. The molecule has 124 valence electrons. The van der Waals surface area contributed by atoms with Gasteiger partial charge in [0.1, 0.15) is 0 Å². The molecule has 1 aliphatic rings. The molecular formula is C19H20N2O3. The molecule has 0 bridgehead atoms. The first-order valence-electron chi connectivity index (χ1n) is 8.06. The van der Waals surface area contributed by atoms with Gasteiger partial charge in [0.05, 0.1) is 22.9 Å². The van der Waals surface area contributed by atoms with Crippen molar-refractivity contribution >= 4 is 11.9 Å². The highest BCUT2D eigenvalue weighted by atomic mass is 16.4. The summed E-state index contributed by atoms with van der Waals surface area (Å²) >= 11 is 0. The monoisotopic (exact) mass is 324 g/mol. The first-order valence-corrected chi connectivity index (χ1v) is 8.06. The molecule has 2 heterocycles. The van der Waals surface area contributed by atoms with Gasteiger partial charge in [-0.1, -0.05) is 30.3 Å². The molecule has 1 fully saturated rings. The molecule has 1 N–H and O–H groups in total. The molecule has 0 saturated carbocycles. The van der Waals surface area contributed by atoms with E-state index in [1.807, 2.05) is 43.3 Å². The second-order valence-electron chi connectivity index (χ2n) is 6.17. The summed E-state index contributed by atoms with van der Waals surface area (Å²) in [6, 6.07) is 13.1. The highest BCUT2D eigenvalue weighted by Gasteiger charge is 2.38. The Balaban J connectivity index is 1.85. The number of carboxylic acids is 1. The van der Waals surface area contributed by atoms with E-state index in [1.54, 1.807) is 17.9 Å². The van der Waals surface area contributed by atoms with Crippen LogP contribution in [0.3, 0.4) is 0 Å². The predicted molar refractivity (Wildman–Crippen MR) is 90.7 cm³/mol. The van der Waals surface area contributed by atoms with Crippen LogP contribution in [-0.2, 0) is 4.79 Å². The average molecular weight is 324 g/mol. The minimum absolute atomic E-state index is 0.143. The van der Waals surface area contributed by atoms with Crippen LogP contribution in [0, 0.1) is 12.8 Å². The number of hydrogen-bond acceptors (Lipinski definition) is 3. The third kappa shape index (κ3) is 2.89. The maximum atomic E-state index is 12.8. The summed E-state index contributed by atoms with van der Waals surface area (Å²) in [5, 5.41) is 9.22. The maximum Gasteiger partial charge on any atom is 0.308 e. The van der Waals surface area contributed by atoms with Gasteiger partial charge in [0.15, 0.2) is 0 Å². The van der Waals surface area contributed by atoms with Crippen molar-refractivity contribution in [2.24, 2.45) is 5.92 Å². The highest BCUT2D eigenvalue weighted by Crippen LogP contribution is 2.27. The molecule has 0 aliphatic carbocycles. The van der Waals surface area contributed by atoms with Gasteiger partial charge < -0.3 is 10.0 Å². The van der Waals surface area contributed by atoms with Gasteiger partial charge in [0.2, 0.25) is 0 Å².